The molecule has 0 fully saturated rings. The molecule has 0 radical (unpaired) electrons. The summed E-state index contributed by atoms with van der Waals surface area (Å²) >= 11 is 1.78. The van der Waals surface area contributed by atoms with Gasteiger partial charge >= 0.3 is 0 Å². The van der Waals surface area contributed by atoms with Crippen LogP contribution in [0.2, 0.25) is 0 Å². The van der Waals surface area contributed by atoms with Gasteiger partial charge in [-0.15, -0.1) is 11.3 Å². The molecule has 0 aliphatic rings. The summed E-state index contributed by atoms with van der Waals surface area (Å²) < 4.78 is 0. The third kappa shape index (κ3) is 3.49. The van der Waals surface area contributed by atoms with Crippen molar-refractivity contribution in [2.24, 2.45) is 0 Å². The van der Waals surface area contributed by atoms with Gasteiger partial charge in [0.15, 0.2) is 0 Å². The van der Waals surface area contributed by atoms with Gasteiger partial charge in [0.1, 0.15) is 0 Å². The number of aryl methyl sites for hydroxylation is 2. The van der Waals surface area contributed by atoms with Crippen LogP contribution in [0.4, 0.5) is 5.69 Å². The number of thiophene rings is 1. The highest BCUT2D eigenvalue weighted by atomic mass is 32.1. The molecule has 2 rings (SSSR count). The minimum atomic E-state index is -0.321. The highest BCUT2D eigenvalue weighted by Crippen LogP contribution is 2.30. The summed E-state index contributed by atoms with van der Waals surface area (Å²) in [5.41, 5.74) is 2.16. The second-order valence-electron chi connectivity index (χ2n) is 5.29. The van der Waals surface area contributed by atoms with Crippen molar-refractivity contribution < 1.29 is 4.92 Å². The number of nitrogens with zero attached hydrogens (tertiary/aromatic N) is 1. The summed E-state index contributed by atoms with van der Waals surface area (Å²) in [6.07, 6.45) is 0. The molecule has 0 aliphatic heterocycles. The van der Waals surface area contributed by atoms with E-state index in [0.29, 0.717) is 0 Å². The Kier molecular flexibility index (Phi) is 4.75. The average Bonchev–Trinajstić information content (AvgIpc) is 2.77. The van der Waals surface area contributed by atoms with Crippen molar-refractivity contribution in [2.45, 2.75) is 39.8 Å². The predicted octanol–water partition coefficient (Wildman–Crippen LogP) is 4.68. The van der Waals surface area contributed by atoms with Crippen LogP contribution < -0.4 is 5.32 Å². The molecule has 112 valence electrons. The van der Waals surface area contributed by atoms with Crippen molar-refractivity contribution in [3.63, 3.8) is 0 Å². The molecule has 2 atom stereocenters. The zero-order valence-corrected chi connectivity index (χ0v) is 13.5. The lowest BCUT2D eigenvalue weighted by atomic mass is 10.0. The van der Waals surface area contributed by atoms with E-state index in [1.807, 2.05) is 19.1 Å². The molecule has 0 amide bonds. The Bertz CT molecular complexity index is 651. The maximum atomic E-state index is 11.1. The quantitative estimate of drug-likeness (QED) is 0.644. The highest BCUT2D eigenvalue weighted by molar-refractivity contribution is 7.12. The monoisotopic (exact) mass is 304 g/mol. The van der Waals surface area contributed by atoms with Crippen molar-refractivity contribution in [3.8, 4) is 0 Å². The number of hydrogen-bond acceptors (Lipinski definition) is 4. The molecule has 1 N–H and O–H groups in total. The number of benzene rings is 1. The first kappa shape index (κ1) is 15.7. The minimum absolute atomic E-state index is 0.0822. The third-order valence-corrected chi connectivity index (χ3v) is 4.63. The molecule has 0 saturated carbocycles. The van der Waals surface area contributed by atoms with Gasteiger partial charge in [0.05, 0.1) is 4.92 Å². The fourth-order valence-electron chi connectivity index (χ4n) is 2.65. The summed E-state index contributed by atoms with van der Waals surface area (Å²) in [6, 6.07) is 9.16. The Labute approximate surface area is 129 Å². The molecule has 5 heteroatoms. The van der Waals surface area contributed by atoms with E-state index in [4.69, 9.17) is 0 Å². The molecular weight excluding hydrogens is 284 g/mol. The van der Waals surface area contributed by atoms with E-state index in [0.717, 1.165) is 5.56 Å². The van der Waals surface area contributed by atoms with Crippen LogP contribution in [0.15, 0.2) is 30.3 Å². The van der Waals surface area contributed by atoms with Gasteiger partial charge in [-0.05, 0) is 39.3 Å². The Morgan fingerprint density at radius 1 is 1.14 bits per heavy atom. The summed E-state index contributed by atoms with van der Waals surface area (Å²) in [5, 5.41) is 14.6. The Balaban J connectivity index is 2.20. The first-order valence-corrected chi connectivity index (χ1v) is 7.78. The zero-order chi connectivity index (χ0) is 15.6. The van der Waals surface area contributed by atoms with Crippen molar-refractivity contribution in [2.75, 3.05) is 0 Å². The molecule has 1 aromatic carbocycles. The van der Waals surface area contributed by atoms with E-state index in [9.17, 15) is 10.1 Å². The van der Waals surface area contributed by atoms with Crippen LogP contribution >= 0.6 is 11.3 Å². The van der Waals surface area contributed by atoms with Crippen LogP contribution in [-0.4, -0.2) is 4.92 Å². The number of nitro benzene ring substituents is 1. The maximum absolute atomic E-state index is 11.1. The zero-order valence-electron chi connectivity index (χ0n) is 12.7. The fraction of sp³-hybridized carbons (Fsp3) is 0.375. The minimum Gasteiger partial charge on any atom is -0.303 e. The average molecular weight is 304 g/mol. The van der Waals surface area contributed by atoms with E-state index in [1.54, 1.807) is 23.5 Å². The number of nitro groups is 1. The van der Waals surface area contributed by atoms with E-state index in [-0.39, 0.29) is 22.7 Å². The van der Waals surface area contributed by atoms with Gasteiger partial charge in [-0.25, -0.2) is 0 Å². The van der Waals surface area contributed by atoms with E-state index in [2.05, 4.69) is 32.2 Å². The predicted molar refractivity (Wildman–Crippen MR) is 86.9 cm³/mol. The molecule has 0 spiro atoms. The first-order chi connectivity index (χ1) is 9.90. The number of hydrogen-bond donors (Lipinski definition) is 1. The molecule has 1 heterocycles. The van der Waals surface area contributed by atoms with Gasteiger partial charge in [0.2, 0.25) is 0 Å². The molecule has 0 saturated heterocycles. The molecule has 2 aromatic rings. The summed E-state index contributed by atoms with van der Waals surface area (Å²) in [5.74, 6) is 0. The second-order valence-corrected chi connectivity index (χ2v) is 6.75. The van der Waals surface area contributed by atoms with Gasteiger partial charge in [0.25, 0.3) is 5.69 Å². The molecular formula is C16H20N2O2S. The van der Waals surface area contributed by atoms with Gasteiger partial charge in [-0.1, -0.05) is 18.2 Å². The highest BCUT2D eigenvalue weighted by Gasteiger charge is 2.20. The molecule has 1 aromatic heterocycles. The van der Waals surface area contributed by atoms with Crippen molar-refractivity contribution in [1.82, 2.24) is 5.32 Å². The van der Waals surface area contributed by atoms with E-state index < -0.39 is 0 Å². The second kappa shape index (κ2) is 6.37. The molecule has 0 aliphatic carbocycles. The van der Waals surface area contributed by atoms with Crippen molar-refractivity contribution >= 4 is 17.0 Å². The molecule has 21 heavy (non-hydrogen) atoms. The lowest BCUT2D eigenvalue weighted by Gasteiger charge is -2.20. The van der Waals surface area contributed by atoms with Gasteiger partial charge in [0, 0.05) is 33.5 Å². The van der Waals surface area contributed by atoms with Crippen LogP contribution in [0.1, 0.15) is 46.8 Å². The molecule has 0 bridgehead atoms. The van der Waals surface area contributed by atoms with Crippen LogP contribution in [-0.2, 0) is 0 Å². The van der Waals surface area contributed by atoms with Gasteiger partial charge in [-0.2, -0.15) is 0 Å². The molecule has 2 unspecified atom stereocenters. The number of nitrogens with one attached hydrogen (secondary N) is 1. The third-order valence-electron chi connectivity index (χ3n) is 3.65. The summed E-state index contributed by atoms with van der Waals surface area (Å²) in [7, 11) is 0. The first-order valence-electron chi connectivity index (χ1n) is 6.96. The Morgan fingerprint density at radius 3 is 2.33 bits per heavy atom. The van der Waals surface area contributed by atoms with Crippen molar-refractivity contribution in [1.29, 1.82) is 0 Å². The van der Waals surface area contributed by atoms with Crippen molar-refractivity contribution in [3.05, 3.63) is 61.3 Å². The smallest absolute Gasteiger partial charge is 0.274 e. The van der Waals surface area contributed by atoms with Crippen LogP contribution in [0, 0.1) is 24.0 Å². The SMILES string of the molecule is Cc1cc(C(C)NC(C)c2ccccc2[N+](=O)[O-])c(C)s1. The Hall–Kier alpha value is -1.72. The van der Waals surface area contributed by atoms with E-state index >= 15 is 0 Å². The van der Waals surface area contributed by atoms with E-state index in [1.165, 1.54) is 15.3 Å². The van der Waals surface area contributed by atoms with Gasteiger partial charge < -0.3 is 5.32 Å². The lowest BCUT2D eigenvalue weighted by molar-refractivity contribution is -0.385. The standard InChI is InChI=1S/C16H20N2O2S/c1-10-9-15(13(4)21-10)12(3)17-11(2)14-7-5-6-8-16(14)18(19)20/h5-9,11-12,17H,1-4H3. The fourth-order valence-corrected chi connectivity index (χ4v) is 3.68. The van der Waals surface area contributed by atoms with Crippen LogP contribution in [0.25, 0.3) is 0 Å². The lowest BCUT2D eigenvalue weighted by Crippen LogP contribution is -2.23. The summed E-state index contributed by atoms with van der Waals surface area (Å²) in [6.45, 7) is 8.27. The van der Waals surface area contributed by atoms with Gasteiger partial charge in [-0.3, -0.25) is 10.1 Å². The van der Waals surface area contributed by atoms with Crippen LogP contribution in [0.3, 0.4) is 0 Å². The Morgan fingerprint density at radius 2 is 1.76 bits per heavy atom. The van der Waals surface area contributed by atoms with Crippen LogP contribution in [0.5, 0.6) is 0 Å². The topological polar surface area (TPSA) is 55.2 Å². The number of para-hydroxylation sites is 1. The largest absolute Gasteiger partial charge is 0.303 e. The maximum Gasteiger partial charge on any atom is 0.274 e. The summed E-state index contributed by atoms with van der Waals surface area (Å²) in [4.78, 5) is 13.4. The normalized spacial score (nSPS) is 13.9. The molecule has 4 nitrogen and oxygen atoms in total. The number of rotatable bonds is 5.